The fraction of sp³-hybridized carbons (Fsp3) is 0.857. The Labute approximate surface area is 126 Å². The predicted octanol–water partition coefficient (Wildman–Crippen LogP) is 3.20. The van der Waals surface area contributed by atoms with Gasteiger partial charge in [0.15, 0.2) is 0 Å². The second-order valence-corrected chi connectivity index (χ2v) is 5.05. The summed E-state index contributed by atoms with van der Waals surface area (Å²) in [5.74, 6) is 0.0325. The van der Waals surface area contributed by atoms with Crippen LogP contribution < -0.4 is 0 Å². The Balaban J connectivity index is 3.93. The summed E-state index contributed by atoms with van der Waals surface area (Å²) >= 11 is 5.49. The van der Waals surface area contributed by atoms with Crippen LogP contribution in [-0.4, -0.2) is 49.1 Å². The van der Waals surface area contributed by atoms with Crippen molar-refractivity contribution in [1.29, 1.82) is 0 Å². The largest absolute Gasteiger partial charge is 0.464 e. The van der Waals surface area contributed by atoms with Crippen molar-refractivity contribution in [2.24, 2.45) is 0 Å². The van der Waals surface area contributed by atoms with E-state index in [1.165, 1.54) is 11.9 Å². The van der Waals surface area contributed by atoms with Crippen LogP contribution in [0.1, 0.15) is 46.0 Å². The third kappa shape index (κ3) is 8.25. The number of unbranched alkanes of at least 4 members (excludes halogenated alkanes) is 3. The lowest BCUT2D eigenvalue weighted by Gasteiger charge is -2.22. The molecule has 0 N–H and O–H groups in total. The van der Waals surface area contributed by atoms with Gasteiger partial charge in [-0.15, -0.1) is 11.6 Å². The van der Waals surface area contributed by atoms with Crippen molar-refractivity contribution >= 4 is 23.7 Å². The smallest absolute Gasteiger partial charge is 0.410 e. The molecule has 0 rings (SSSR count). The van der Waals surface area contributed by atoms with Crippen LogP contribution in [-0.2, 0) is 14.3 Å². The molecule has 0 aromatic rings. The molecule has 0 aliphatic heterocycles. The van der Waals surface area contributed by atoms with Crippen LogP contribution in [0, 0.1) is 0 Å². The highest BCUT2D eigenvalue weighted by molar-refractivity contribution is 6.17. The molecule has 0 aliphatic rings. The lowest BCUT2D eigenvalue weighted by atomic mass is 10.2. The number of hydrogen-bond acceptors (Lipinski definition) is 4. The molecule has 0 saturated heterocycles. The molecule has 0 spiro atoms. The van der Waals surface area contributed by atoms with Crippen LogP contribution in [0.25, 0.3) is 0 Å². The molecule has 0 aliphatic carbocycles. The monoisotopic (exact) mass is 307 g/mol. The summed E-state index contributed by atoms with van der Waals surface area (Å²) in [5, 5.41) is 0. The first-order valence-electron chi connectivity index (χ1n) is 7.16. The molecule has 0 aromatic heterocycles. The Morgan fingerprint density at radius 2 is 1.75 bits per heavy atom. The Kier molecular flexibility index (Phi) is 11.3. The highest BCUT2D eigenvalue weighted by Crippen LogP contribution is 2.04. The maximum absolute atomic E-state index is 11.8. The number of hydrogen-bond donors (Lipinski definition) is 0. The first kappa shape index (κ1) is 19.0. The SMILES string of the molecule is CCCCCCOC(=O)C(C)N(C)C(=O)OCCCCl. The van der Waals surface area contributed by atoms with E-state index in [4.69, 9.17) is 21.1 Å². The van der Waals surface area contributed by atoms with E-state index < -0.39 is 18.1 Å². The van der Waals surface area contributed by atoms with Gasteiger partial charge in [-0.2, -0.15) is 0 Å². The Morgan fingerprint density at radius 3 is 2.35 bits per heavy atom. The molecular formula is C14H26ClNO4. The summed E-state index contributed by atoms with van der Waals surface area (Å²) in [5.41, 5.74) is 0. The van der Waals surface area contributed by atoms with Crippen LogP contribution in [0.3, 0.4) is 0 Å². The lowest BCUT2D eigenvalue weighted by molar-refractivity contribution is -0.148. The van der Waals surface area contributed by atoms with Gasteiger partial charge in [-0.25, -0.2) is 9.59 Å². The minimum Gasteiger partial charge on any atom is -0.464 e. The van der Waals surface area contributed by atoms with Gasteiger partial charge in [-0.1, -0.05) is 26.2 Å². The standard InChI is InChI=1S/C14H26ClNO4/c1-4-5-6-7-10-19-13(17)12(2)16(3)14(18)20-11-8-9-15/h12H,4-11H2,1-3H3. The molecule has 1 amide bonds. The third-order valence-electron chi connectivity index (χ3n) is 2.96. The normalized spacial score (nSPS) is 11.8. The van der Waals surface area contributed by atoms with Crippen molar-refractivity contribution in [2.75, 3.05) is 26.1 Å². The summed E-state index contributed by atoms with van der Waals surface area (Å²) in [4.78, 5) is 24.6. The number of likely N-dealkylation sites (N-methyl/N-ethyl adjacent to an activating group) is 1. The Morgan fingerprint density at radius 1 is 1.10 bits per heavy atom. The average Bonchev–Trinajstić information content (AvgIpc) is 2.45. The van der Waals surface area contributed by atoms with Crippen molar-refractivity contribution in [3.63, 3.8) is 0 Å². The number of nitrogens with zero attached hydrogens (tertiary/aromatic N) is 1. The molecule has 0 fully saturated rings. The van der Waals surface area contributed by atoms with Crippen LogP contribution in [0.5, 0.6) is 0 Å². The molecule has 0 aromatic carbocycles. The van der Waals surface area contributed by atoms with E-state index in [0.717, 1.165) is 25.7 Å². The second-order valence-electron chi connectivity index (χ2n) is 4.67. The zero-order valence-electron chi connectivity index (χ0n) is 12.7. The summed E-state index contributed by atoms with van der Waals surface area (Å²) in [7, 11) is 1.52. The maximum Gasteiger partial charge on any atom is 0.410 e. The fourth-order valence-electron chi connectivity index (χ4n) is 1.45. The van der Waals surface area contributed by atoms with E-state index in [2.05, 4.69) is 6.92 Å². The summed E-state index contributed by atoms with van der Waals surface area (Å²) in [6.45, 7) is 4.40. The minimum atomic E-state index is -0.648. The van der Waals surface area contributed by atoms with Crippen molar-refractivity contribution < 1.29 is 19.1 Å². The molecule has 1 unspecified atom stereocenters. The molecule has 6 heteroatoms. The third-order valence-corrected chi connectivity index (χ3v) is 3.22. The number of rotatable bonds is 10. The second kappa shape index (κ2) is 11.8. The van der Waals surface area contributed by atoms with Crippen molar-refractivity contribution in [3.8, 4) is 0 Å². The molecule has 118 valence electrons. The van der Waals surface area contributed by atoms with E-state index in [-0.39, 0.29) is 6.61 Å². The molecular weight excluding hydrogens is 282 g/mol. The van der Waals surface area contributed by atoms with Gasteiger partial charge < -0.3 is 9.47 Å². The number of esters is 1. The van der Waals surface area contributed by atoms with Crippen LogP contribution in [0.15, 0.2) is 0 Å². The van der Waals surface area contributed by atoms with Gasteiger partial charge in [0.2, 0.25) is 0 Å². The van der Waals surface area contributed by atoms with Gasteiger partial charge in [-0.05, 0) is 19.8 Å². The highest BCUT2D eigenvalue weighted by atomic mass is 35.5. The zero-order valence-corrected chi connectivity index (χ0v) is 13.4. The molecule has 1 atom stereocenters. The quantitative estimate of drug-likeness (QED) is 0.353. The molecule has 0 saturated carbocycles. The predicted molar refractivity (Wildman–Crippen MR) is 79.0 cm³/mol. The number of alkyl halides is 1. The first-order valence-corrected chi connectivity index (χ1v) is 7.70. The van der Waals surface area contributed by atoms with Crippen LogP contribution in [0.2, 0.25) is 0 Å². The van der Waals surface area contributed by atoms with Crippen LogP contribution >= 0.6 is 11.6 Å². The molecule has 0 bridgehead atoms. The van der Waals surface area contributed by atoms with Gasteiger partial charge >= 0.3 is 12.1 Å². The molecule has 0 radical (unpaired) electrons. The maximum atomic E-state index is 11.8. The average molecular weight is 308 g/mol. The number of halogens is 1. The van der Waals surface area contributed by atoms with E-state index >= 15 is 0 Å². The van der Waals surface area contributed by atoms with E-state index in [0.29, 0.717) is 18.9 Å². The highest BCUT2D eigenvalue weighted by Gasteiger charge is 2.24. The number of carbonyl (C=O) groups excluding carboxylic acids is 2. The van der Waals surface area contributed by atoms with Crippen LogP contribution in [0.4, 0.5) is 4.79 Å². The van der Waals surface area contributed by atoms with Crippen molar-refractivity contribution in [3.05, 3.63) is 0 Å². The molecule has 20 heavy (non-hydrogen) atoms. The summed E-state index contributed by atoms with van der Waals surface area (Å²) in [6.07, 6.45) is 4.24. The van der Waals surface area contributed by atoms with E-state index in [9.17, 15) is 9.59 Å². The first-order chi connectivity index (χ1) is 9.54. The Hall–Kier alpha value is -0.970. The van der Waals surface area contributed by atoms with Crippen molar-refractivity contribution in [1.82, 2.24) is 4.90 Å². The topological polar surface area (TPSA) is 55.8 Å². The zero-order chi connectivity index (χ0) is 15.4. The van der Waals surface area contributed by atoms with Gasteiger partial charge in [0, 0.05) is 12.9 Å². The number of carbonyl (C=O) groups is 2. The lowest BCUT2D eigenvalue weighted by Crippen LogP contribution is -2.41. The number of ether oxygens (including phenoxy) is 2. The van der Waals surface area contributed by atoms with E-state index in [1.807, 2.05) is 0 Å². The van der Waals surface area contributed by atoms with Crippen molar-refractivity contribution in [2.45, 2.75) is 52.0 Å². The van der Waals surface area contributed by atoms with Gasteiger partial charge in [0.25, 0.3) is 0 Å². The summed E-state index contributed by atoms with van der Waals surface area (Å²) < 4.78 is 10.1. The Bertz CT molecular complexity index is 286. The number of amides is 1. The summed E-state index contributed by atoms with van der Waals surface area (Å²) in [6, 6.07) is -0.648. The van der Waals surface area contributed by atoms with Gasteiger partial charge in [-0.3, -0.25) is 4.90 Å². The minimum absolute atomic E-state index is 0.255. The van der Waals surface area contributed by atoms with Gasteiger partial charge in [0.1, 0.15) is 6.04 Å². The van der Waals surface area contributed by atoms with Gasteiger partial charge in [0.05, 0.1) is 13.2 Å². The fourth-order valence-corrected chi connectivity index (χ4v) is 1.56. The molecule has 0 heterocycles. The molecule has 5 nitrogen and oxygen atoms in total. The van der Waals surface area contributed by atoms with E-state index in [1.54, 1.807) is 6.92 Å².